The second kappa shape index (κ2) is 4.88. The number of nitrogen functional groups attached to an aromatic ring is 1. The van der Waals surface area contributed by atoms with Gasteiger partial charge in [0.05, 0.1) is 6.61 Å². The van der Waals surface area contributed by atoms with Gasteiger partial charge in [-0.1, -0.05) is 6.07 Å². The molecule has 104 valence electrons. The number of oxazole rings is 1. The molecule has 0 amide bonds. The first-order valence-corrected chi connectivity index (χ1v) is 6.42. The average molecular weight is 273 g/mol. The van der Waals surface area contributed by atoms with E-state index in [1.54, 1.807) is 6.92 Å². The maximum Gasteiger partial charge on any atom is 0.360 e. The van der Waals surface area contributed by atoms with Crippen molar-refractivity contribution in [3.05, 3.63) is 41.3 Å². The number of hydrogen-bond donors (Lipinski definition) is 1. The number of nitrogens with zero attached hydrogens (tertiary/aromatic N) is 2. The number of carbonyl (C=O) groups excluding carboxylic acids is 1. The molecule has 2 N–H and O–H groups in total. The van der Waals surface area contributed by atoms with Crippen molar-refractivity contribution in [3.8, 4) is 0 Å². The lowest BCUT2D eigenvalue weighted by Gasteiger charge is -2.10. The van der Waals surface area contributed by atoms with Crippen molar-refractivity contribution < 1.29 is 13.9 Å². The molecule has 3 rings (SSSR count). The van der Waals surface area contributed by atoms with E-state index in [9.17, 15) is 4.79 Å². The Bertz CT molecular complexity index is 651. The molecule has 0 saturated heterocycles. The summed E-state index contributed by atoms with van der Waals surface area (Å²) in [6.45, 7) is 3.43. The highest BCUT2D eigenvalue weighted by molar-refractivity contribution is 5.87. The van der Waals surface area contributed by atoms with Gasteiger partial charge in [-0.15, -0.1) is 0 Å². The molecule has 6 heteroatoms. The number of ether oxygens (including phenoxy) is 1. The molecule has 0 atom stereocenters. The molecule has 0 aliphatic carbocycles. The minimum Gasteiger partial charge on any atom is -0.461 e. The van der Waals surface area contributed by atoms with E-state index in [1.165, 1.54) is 11.8 Å². The van der Waals surface area contributed by atoms with Gasteiger partial charge in [0.1, 0.15) is 6.26 Å². The standard InChI is InChI=1S/C14H15N3O3/c1-2-19-13(18)12-8-20-14(16-12)17-6-9-3-4-11(15)5-10(9)7-17/h3-5,8H,2,6-7,15H2,1H3. The Kier molecular flexibility index (Phi) is 3.06. The van der Waals surface area contributed by atoms with Gasteiger partial charge >= 0.3 is 5.97 Å². The van der Waals surface area contributed by atoms with Gasteiger partial charge in [-0.05, 0) is 30.2 Å². The SMILES string of the molecule is CCOC(=O)c1coc(N2Cc3ccc(N)cc3C2)n1. The number of fused-ring (bicyclic) bond motifs is 1. The third-order valence-electron chi connectivity index (χ3n) is 3.20. The molecule has 0 unspecified atom stereocenters. The van der Waals surface area contributed by atoms with Gasteiger partial charge in [-0.25, -0.2) is 4.79 Å². The third-order valence-corrected chi connectivity index (χ3v) is 3.20. The summed E-state index contributed by atoms with van der Waals surface area (Å²) in [6, 6.07) is 6.25. The predicted molar refractivity (Wildman–Crippen MR) is 73.2 cm³/mol. The first-order valence-electron chi connectivity index (χ1n) is 6.42. The van der Waals surface area contributed by atoms with E-state index in [2.05, 4.69) is 4.98 Å². The zero-order valence-electron chi connectivity index (χ0n) is 11.1. The number of aromatic nitrogens is 1. The van der Waals surface area contributed by atoms with Crippen molar-refractivity contribution in [2.24, 2.45) is 0 Å². The normalized spacial score (nSPS) is 13.3. The second-order valence-corrected chi connectivity index (χ2v) is 4.62. The quantitative estimate of drug-likeness (QED) is 0.680. The Morgan fingerprint density at radius 1 is 1.45 bits per heavy atom. The van der Waals surface area contributed by atoms with Gasteiger partial charge in [0, 0.05) is 18.8 Å². The number of hydrogen-bond acceptors (Lipinski definition) is 6. The summed E-state index contributed by atoms with van der Waals surface area (Å²) in [5.74, 6) is -0.469. The lowest BCUT2D eigenvalue weighted by Crippen LogP contribution is -2.15. The number of anilines is 2. The summed E-state index contributed by atoms with van der Waals surface area (Å²) in [6.07, 6.45) is 1.32. The Balaban J connectivity index is 1.78. The Hall–Kier alpha value is -2.50. The van der Waals surface area contributed by atoms with Crippen LogP contribution < -0.4 is 10.6 Å². The molecule has 20 heavy (non-hydrogen) atoms. The smallest absolute Gasteiger partial charge is 0.360 e. The highest BCUT2D eigenvalue weighted by atomic mass is 16.5. The lowest BCUT2D eigenvalue weighted by atomic mass is 10.1. The third kappa shape index (κ3) is 2.20. The molecule has 1 aliphatic rings. The molecule has 2 aromatic rings. The number of benzene rings is 1. The molecular formula is C14H15N3O3. The van der Waals surface area contributed by atoms with Crippen molar-refractivity contribution in [3.63, 3.8) is 0 Å². The molecule has 0 bridgehead atoms. The van der Waals surface area contributed by atoms with Crippen LogP contribution in [0.5, 0.6) is 0 Å². The maximum absolute atomic E-state index is 11.6. The van der Waals surface area contributed by atoms with Crippen LogP contribution in [0.1, 0.15) is 28.5 Å². The van der Waals surface area contributed by atoms with E-state index in [1.807, 2.05) is 23.1 Å². The van der Waals surface area contributed by atoms with Crippen LogP contribution in [-0.4, -0.2) is 17.6 Å². The second-order valence-electron chi connectivity index (χ2n) is 4.62. The summed E-state index contributed by atoms with van der Waals surface area (Å²) in [5.41, 5.74) is 9.05. The van der Waals surface area contributed by atoms with Crippen LogP contribution in [0.4, 0.5) is 11.7 Å². The molecule has 0 radical (unpaired) electrons. The first-order chi connectivity index (χ1) is 9.67. The molecule has 1 aromatic carbocycles. The largest absolute Gasteiger partial charge is 0.461 e. The van der Waals surface area contributed by atoms with Gasteiger partial charge in [-0.2, -0.15) is 4.98 Å². The number of carbonyl (C=O) groups is 1. The van der Waals surface area contributed by atoms with Crippen LogP contribution in [-0.2, 0) is 17.8 Å². The Morgan fingerprint density at radius 2 is 2.25 bits per heavy atom. The minimum atomic E-state index is -0.469. The number of rotatable bonds is 3. The molecule has 1 aliphatic heterocycles. The van der Waals surface area contributed by atoms with E-state index in [4.69, 9.17) is 14.9 Å². The van der Waals surface area contributed by atoms with Gasteiger partial charge in [0.15, 0.2) is 5.69 Å². The van der Waals surface area contributed by atoms with Crippen LogP contribution >= 0.6 is 0 Å². The predicted octanol–water partition coefficient (Wildman–Crippen LogP) is 1.95. The fourth-order valence-corrected chi connectivity index (χ4v) is 2.26. The fourth-order valence-electron chi connectivity index (χ4n) is 2.26. The van der Waals surface area contributed by atoms with E-state index >= 15 is 0 Å². The molecule has 2 heterocycles. The molecular weight excluding hydrogens is 258 g/mol. The van der Waals surface area contributed by atoms with Crippen LogP contribution in [0.3, 0.4) is 0 Å². The average Bonchev–Trinajstić information content (AvgIpc) is 3.04. The van der Waals surface area contributed by atoms with Gasteiger partial charge in [0.2, 0.25) is 0 Å². The van der Waals surface area contributed by atoms with Crippen LogP contribution in [0.2, 0.25) is 0 Å². The van der Waals surface area contributed by atoms with E-state index < -0.39 is 5.97 Å². The van der Waals surface area contributed by atoms with Crippen molar-refractivity contribution in [2.75, 3.05) is 17.2 Å². The van der Waals surface area contributed by atoms with Crippen molar-refractivity contribution >= 4 is 17.7 Å². The maximum atomic E-state index is 11.6. The van der Waals surface area contributed by atoms with E-state index in [0.29, 0.717) is 25.7 Å². The van der Waals surface area contributed by atoms with Gasteiger partial charge in [-0.3, -0.25) is 0 Å². The van der Waals surface area contributed by atoms with Crippen molar-refractivity contribution in [1.82, 2.24) is 4.98 Å². The summed E-state index contributed by atoms with van der Waals surface area (Å²) >= 11 is 0. The molecule has 0 fully saturated rings. The van der Waals surface area contributed by atoms with Gasteiger partial charge < -0.3 is 19.8 Å². The Morgan fingerprint density at radius 3 is 3.05 bits per heavy atom. The minimum absolute atomic E-state index is 0.192. The number of esters is 1. The van der Waals surface area contributed by atoms with Crippen molar-refractivity contribution in [2.45, 2.75) is 20.0 Å². The summed E-state index contributed by atoms with van der Waals surface area (Å²) in [7, 11) is 0. The highest BCUT2D eigenvalue weighted by Crippen LogP contribution is 2.28. The summed E-state index contributed by atoms with van der Waals surface area (Å²) in [4.78, 5) is 17.7. The molecule has 1 aromatic heterocycles. The topological polar surface area (TPSA) is 81.6 Å². The van der Waals surface area contributed by atoms with Gasteiger partial charge in [0.25, 0.3) is 6.01 Å². The van der Waals surface area contributed by atoms with Crippen LogP contribution in [0, 0.1) is 0 Å². The van der Waals surface area contributed by atoms with E-state index in [-0.39, 0.29) is 5.69 Å². The molecule has 6 nitrogen and oxygen atoms in total. The van der Waals surface area contributed by atoms with E-state index in [0.717, 1.165) is 11.3 Å². The van der Waals surface area contributed by atoms with Crippen LogP contribution in [0.25, 0.3) is 0 Å². The zero-order chi connectivity index (χ0) is 14.1. The highest BCUT2D eigenvalue weighted by Gasteiger charge is 2.24. The summed E-state index contributed by atoms with van der Waals surface area (Å²) < 4.78 is 10.2. The lowest BCUT2D eigenvalue weighted by molar-refractivity contribution is 0.0519. The fraction of sp³-hybridized carbons (Fsp3) is 0.286. The van der Waals surface area contributed by atoms with Crippen molar-refractivity contribution in [1.29, 1.82) is 0 Å². The first kappa shape index (κ1) is 12.5. The monoisotopic (exact) mass is 273 g/mol. The zero-order valence-corrected chi connectivity index (χ0v) is 11.1. The Labute approximate surface area is 116 Å². The summed E-state index contributed by atoms with van der Waals surface area (Å²) in [5, 5.41) is 0. The molecule has 0 saturated carbocycles. The number of nitrogens with two attached hydrogens (primary N) is 1. The van der Waals surface area contributed by atoms with Crippen LogP contribution in [0.15, 0.2) is 28.9 Å². The molecule has 0 spiro atoms.